The number of H-pyrrole nitrogens is 1. The van der Waals surface area contributed by atoms with Crippen LogP contribution in [-0.2, 0) is 10.5 Å². The molecule has 1 aromatic carbocycles. The van der Waals surface area contributed by atoms with Crippen LogP contribution in [0.15, 0.2) is 23.0 Å². The number of ether oxygens (including phenoxy) is 2. The summed E-state index contributed by atoms with van der Waals surface area (Å²) in [5, 5.41) is 3.17. The first-order chi connectivity index (χ1) is 13.8. The number of fused-ring (bicyclic) bond motifs is 1. The van der Waals surface area contributed by atoms with Crippen LogP contribution in [0.3, 0.4) is 0 Å². The zero-order valence-corrected chi connectivity index (χ0v) is 18.5. The average molecular weight is 434 g/mol. The van der Waals surface area contributed by atoms with Gasteiger partial charge in [0.2, 0.25) is 5.91 Å². The van der Waals surface area contributed by atoms with Gasteiger partial charge in [-0.3, -0.25) is 9.59 Å². The van der Waals surface area contributed by atoms with E-state index in [1.54, 1.807) is 25.3 Å². The van der Waals surface area contributed by atoms with Crippen LogP contribution < -0.4 is 20.3 Å². The molecule has 0 saturated carbocycles. The summed E-state index contributed by atoms with van der Waals surface area (Å²) < 4.78 is 10.5. The molecule has 0 spiro atoms. The number of amides is 1. The molecule has 0 bridgehead atoms. The van der Waals surface area contributed by atoms with Gasteiger partial charge in [-0.2, -0.15) is 0 Å². The van der Waals surface area contributed by atoms with Crippen LogP contribution in [0.25, 0.3) is 10.2 Å². The van der Waals surface area contributed by atoms with Gasteiger partial charge >= 0.3 is 0 Å². The Morgan fingerprint density at radius 2 is 2.07 bits per heavy atom. The maximum absolute atomic E-state index is 12.6. The zero-order chi connectivity index (χ0) is 21.1. The normalized spacial score (nSPS) is 12.0. The number of nitrogens with one attached hydrogen (secondary N) is 2. The Balaban J connectivity index is 1.68. The number of nitrogens with zero attached hydrogens (tertiary/aromatic N) is 1. The summed E-state index contributed by atoms with van der Waals surface area (Å²) in [7, 11) is 3.11. The van der Waals surface area contributed by atoms with Gasteiger partial charge in [-0.1, -0.05) is 0 Å². The number of hydrogen-bond acceptors (Lipinski definition) is 7. The third kappa shape index (κ3) is 4.56. The molecule has 3 aromatic rings. The lowest BCUT2D eigenvalue weighted by atomic mass is 10.2. The summed E-state index contributed by atoms with van der Waals surface area (Å²) in [5.74, 6) is 2.00. The van der Waals surface area contributed by atoms with Crippen LogP contribution in [0.2, 0.25) is 0 Å². The number of aromatic amines is 1. The second-order valence-electron chi connectivity index (χ2n) is 6.48. The number of thioether (sulfide) groups is 1. The number of anilines is 1. The van der Waals surface area contributed by atoms with Gasteiger partial charge in [0.15, 0.2) is 0 Å². The Morgan fingerprint density at radius 1 is 1.31 bits per heavy atom. The second-order valence-corrected chi connectivity index (χ2v) is 9.02. The zero-order valence-electron chi connectivity index (χ0n) is 16.9. The summed E-state index contributed by atoms with van der Waals surface area (Å²) in [6.45, 7) is 5.72. The molecular formula is C20H23N3O4S2. The monoisotopic (exact) mass is 433 g/mol. The van der Waals surface area contributed by atoms with Crippen molar-refractivity contribution in [3.05, 3.63) is 44.8 Å². The predicted octanol–water partition coefficient (Wildman–Crippen LogP) is 3.88. The molecule has 7 nitrogen and oxygen atoms in total. The number of thiophene rings is 1. The molecule has 2 aromatic heterocycles. The van der Waals surface area contributed by atoms with Gasteiger partial charge in [0.1, 0.15) is 22.2 Å². The quantitative estimate of drug-likeness (QED) is 0.587. The largest absolute Gasteiger partial charge is 0.497 e. The molecule has 0 aliphatic carbocycles. The lowest BCUT2D eigenvalue weighted by Gasteiger charge is -2.15. The van der Waals surface area contributed by atoms with Crippen molar-refractivity contribution in [3.8, 4) is 11.5 Å². The van der Waals surface area contributed by atoms with Crippen LogP contribution in [-0.4, -0.2) is 35.3 Å². The fraction of sp³-hybridized carbons (Fsp3) is 0.350. The Bertz CT molecular complexity index is 1110. The maximum atomic E-state index is 12.6. The van der Waals surface area contributed by atoms with E-state index in [1.165, 1.54) is 30.2 Å². The van der Waals surface area contributed by atoms with Crippen LogP contribution in [0.5, 0.6) is 11.5 Å². The molecule has 1 unspecified atom stereocenters. The van der Waals surface area contributed by atoms with Crippen molar-refractivity contribution in [2.45, 2.75) is 31.8 Å². The van der Waals surface area contributed by atoms with E-state index in [-0.39, 0.29) is 16.7 Å². The Labute approximate surface area is 176 Å². The average Bonchev–Trinajstić information content (AvgIpc) is 3.00. The Hall–Kier alpha value is -2.52. The third-order valence-electron chi connectivity index (χ3n) is 4.59. The molecule has 0 radical (unpaired) electrons. The molecule has 3 rings (SSSR count). The molecule has 154 valence electrons. The molecule has 0 aliphatic rings. The summed E-state index contributed by atoms with van der Waals surface area (Å²) in [4.78, 5) is 34.2. The molecule has 29 heavy (non-hydrogen) atoms. The van der Waals surface area contributed by atoms with E-state index in [0.29, 0.717) is 34.1 Å². The standard InChI is InChI=1S/C20H23N3O4S2/c1-10-11(2)29-20-17(10)19(25)22-16(23-20)9-28-12(3)18(24)21-14-7-6-13(26-4)8-15(14)27-5/h6-8,12H,9H2,1-5H3,(H,21,24)(H,22,23,25). The van der Waals surface area contributed by atoms with Crippen molar-refractivity contribution in [1.29, 1.82) is 0 Å². The first kappa shape index (κ1) is 21.2. The molecule has 1 amide bonds. The number of carbonyl (C=O) groups excluding carboxylic acids is 1. The molecule has 0 aliphatic heterocycles. The van der Waals surface area contributed by atoms with Gasteiger partial charge in [-0.05, 0) is 38.5 Å². The maximum Gasteiger partial charge on any atom is 0.259 e. The van der Waals surface area contributed by atoms with Crippen molar-refractivity contribution in [2.24, 2.45) is 0 Å². The highest BCUT2D eigenvalue weighted by Crippen LogP contribution is 2.30. The molecule has 1 atom stereocenters. The number of hydrogen-bond donors (Lipinski definition) is 2. The SMILES string of the molecule is COc1ccc(NC(=O)C(C)SCc2nc3sc(C)c(C)c3c(=O)[nH]2)c(OC)c1. The lowest BCUT2D eigenvalue weighted by Crippen LogP contribution is -2.23. The second kappa shape index (κ2) is 8.87. The Kier molecular flexibility index (Phi) is 6.49. The third-order valence-corrected chi connectivity index (χ3v) is 6.85. The smallest absolute Gasteiger partial charge is 0.259 e. The van der Waals surface area contributed by atoms with Crippen LogP contribution in [0.4, 0.5) is 5.69 Å². The number of benzene rings is 1. The number of aromatic nitrogens is 2. The molecule has 0 fully saturated rings. The van der Waals surface area contributed by atoms with Gasteiger partial charge in [0.25, 0.3) is 5.56 Å². The molecule has 9 heteroatoms. The van der Waals surface area contributed by atoms with Crippen molar-refractivity contribution < 1.29 is 14.3 Å². The van der Waals surface area contributed by atoms with Crippen molar-refractivity contribution in [2.75, 3.05) is 19.5 Å². The fourth-order valence-corrected chi connectivity index (χ4v) is 4.59. The van der Waals surface area contributed by atoms with E-state index in [4.69, 9.17) is 9.47 Å². The number of methoxy groups -OCH3 is 2. The summed E-state index contributed by atoms with van der Waals surface area (Å²) in [5.41, 5.74) is 1.41. The first-order valence-corrected chi connectivity index (χ1v) is 10.8. The van der Waals surface area contributed by atoms with Crippen LogP contribution in [0, 0.1) is 13.8 Å². The lowest BCUT2D eigenvalue weighted by molar-refractivity contribution is -0.115. The van der Waals surface area contributed by atoms with Gasteiger partial charge in [-0.25, -0.2) is 4.98 Å². The van der Waals surface area contributed by atoms with E-state index in [1.807, 2.05) is 20.8 Å². The number of carbonyl (C=O) groups is 1. The van der Waals surface area contributed by atoms with E-state index in [0.717, 1.165) is 15.3 Å². The molecule has 2 N–H and O–H groups in total. The van der Waals surface area contributed by atoms with Crippen molar-refractivity contribution in [3.63, 3.8) is 0 Å². The molecule has 2 heterocycles. The van der Waals surface area contributed by atoms with E-state index in [2.05, 4.69) is 15.3 Å². The summed E-state index contributed by atoms with van der Waals surface area (Å²) in [6, 6.07) is 5.20. The Morgan fingerprint density at radius 3 is 2.76 bits per heavy atom. The van der Waals surface area contributed by atoms with Crippen LogP contribution in [0.1, 0.15) is 23.2 Å². The minimum absolute atomic E-state index is 0.132. The highest BCUT2D eigenvalue weighted by atomic mass is 32.2. The fourth-order valence-electron chi connectivity index (χ4n) is 2.78. The molecule has 0 saturated heterocycles. The van der Waals surface area contributed by atoms with E-state index < -0.39 is 0 Å². The van der Waals surface area contributed by atoms with E-state index in [9.17, 15) is 9.59 Å². The number of rotatable bonds is 7. The number of aryl methyl sites for hydroxylation is 2. The van der Waals surface area contributed by atoms with Gasteiger partial charge in [0.05, 0.1) is 36.3 Å². The minimum Gasteiger partial charge on any atom is -0.497 e. The van der Waals surface area contributed by atoms with Crippen molar-refractivity contribution >= 4 is 44.9 Å². The first-order valence-electron chi connectivity index (χ1n) is 8.97. The summed E-state index contributed by atoms with van der Waals surface area (Å²) in [6.07, 6.45) is 0. The van der Waals surface area contributed by atoms with Gasteiger partial charge in [-0.15, -0.1) is 23.1 Å². The predicted molar refractivity (Wildman–Crippen MR) is 119 cm³/mol. The van der Waals surface area contributed by atoms with Crippen LogP contribution >= 0.6 is 23.1 Å². The highest BCUT2D eigenvalue weighted by Gasteiger charge is 2.18. The van der Waals surface area contributed by atoms with E-state index >= 15 is 0 Å². The van der Waals surface area contributed by atoms with Crippen molar-refractivity contribution in [1.82, 2.24) is 9.97 Å². The molecular weight excluding hydrogens is 410 g/mol. The highest BCUT2D eigenvalue weighted by molar-refractivity contribution is 7.99. The summed E-state index contributed by atoms with van der Waals surface area (Å²) >= 11 is 2.91. The van der Waals surface area contributed by atoms with Gasteiger partial charge < -0.3 is 19.8 Å². The topological polar surface area (TPSA) is 93.3 Å². The minimum atomic E-state index is -0.352. The van der Waals surface area contributed by atoms with Gasteiger partial charge in [0, 0.05) is 10.9 Å².